The fourth-order valence-electron chi connectivity index (χ4n) is 5.87. The summed E-state index contributed by atoms with van der Waals surface area (Å²) in [5.74, 6) is 2.35. The second kappa shape index (κ2) is 9.08. The van der Waals surface area contributed by atoms with Gasteiger partial charge >= 0.3 is 245 Å². The maximum absolute atomic E-state index is 6.61. The number of H-pyrrole nitrogens is 2. The predicted molar refractivity (Wildman–Crippen MR) is 169 cm³/mol. The molecule has 196 valence electrons. The average molecular weight is 620 g/mol. The Hall–Kier alpha value is -4.83. The van der Waals surface area contributed by atoms with Crippen LogP contribution in [-0.2, 0) is 0 Å². The SMILES string of the molecule is [Cl][GaH][c]1cccc2c3nc4nc(nc5[nH]c(nc6nc(nc([nH]3)c12)-c1ccccc1-6)c1ccccc51)-c1ccccc1-4. The molecule has 42 heavy (non-hydrogen) atoms. The van der Waals surface area contributed by atoms with Gasteiger partial charge in [-0.1, -0.05) is 6.07 Å². The number of fused-ring (bicyclic) bond motifs is 20. The molecule has 0 atom stereocenters. The zero-order valence-corrected chi connectivity index (χ0v) is 25.7. The second-order valence-corrected chi connectivity index (χ2v) is 13.8. The van der Waals surface area contributed by atoms with Crippen LogP contribution in [0, 0.1) is 0 Å². The van der Waals surface area contributed by atoms with Crippen molar-refractivity contribution in [2.24, 2.45) is 0 Å². The van der Waals surface area contributed by atoms with Crippen molar-refractivity contribution in [3.8, 4) is 45.6 Å². The number of nitrogens with one attached hydrogen (secondary N) is 2. The Morgan fingerprint density at radius 2 is 0.833 bits per heavy atom. The van der Waals surface area contributed by atoms with Crippen LogP contribution in [0.1, 0.15) is 0 Å². The molecular weight excluding hydrogens is 602 g/mol. The fraction of sp³-hybridized carbons (Fsp3) is 0. The van der Waals surface area contributed by atoms with Crippen LogP contribution in [0.3, 0.4) is 0 Å². The molecule has 10 heteroatoms. The van der Waals surface area contributed by atoms with E-state index in [1.165, 1.54) is 0 Å². The third-order valence-electron chi connectivity index (χ3n) is 7.81. The van der Waals surface area contributed by atoms with Crippen molar-refractivity contribution < 1.29 is 0 Å². The molecule has 0 saturated carbocycles. The Morgan fingerprint density at radius 3 is 1.33 bits per heavy atom. The molecule has 0 aliphatic carbocycles. The van der Waals surface area contributed by atoms with Gasteiger partial charge in [0.2, 0.25) is 0 Å². The van der Waals surface area contributed by atoms with E-state index in [2.05, 4.69) is 22.1 Å². The summed E-state index contributed by atoms with van der Waals surface area (Å²) in [5, 5.41) is 3.84. The second-order valence-electron chi connectivity index (χ2n) is 10.2. The van der Waals surface area contributed by atoms with Gasteiger partial charge in [-0.2, -0.15) is 0 Å². The predicted octanol–water partition coefficient (Wildman–Crippen LogP) is 6.08. The Bertz CT molecular complexity index is 2420. The van der Waals surface area contributed by atoms with E-state index in [-0.39, 0.29) is 0 Å². The van der Waals surface area contributed by atoms with Crippen molar-refractivity contribution in [1.82, 2.24) is 39.9 Å². The molecule has 2 aliphatic heterocycles. The molecule has 5 heterocycles. The van der Waals surface area contributed by atoms with Crippen LogP contribution in [0.4, 0.5) is 0 Å². The van der Waals surface area contributed by atoms with Crippen molar-refractivity contribution in [3.63, 3.8) is 0 Å². The summed E-state index contributed by atoms with van der Waals surface area (Å²) in [6.45, 7) is 0. The molecule has 8 nitrogen and oxygen atoms in total. The van der Waals surface area contributed by atoms with Crippen molar-refractivity contribution in [2.45, 2.75) is 0 Å². The van der Waals surface area contributed by atoms with Gasteiger partial charge in [0, 0.05) is 0 Å². The van der Waals surface area contributed by atoms with E-state index >= 15 is 0 Å². The van der Waals surface area contributed by atoms with Gasteiger partial charge < -0.3 is 0 Å². The normalized spacial score (nSPS) is 11.9. The number of hydrogen-bond donors (Lipinski definition) is 2. The van der Waals surface area contributed by atoms with Gasteiger partial charge in [0.25, 0.3) is 0 Å². The summed E-state index contributed by atoms with van der Waals surface area (Å²) >= 11 is -1.51. The quantitative estimate of drug-likeness (QED) is 0.216. The van der Waals surface area contributed by atoms with Gasteiger partial charge in [0.15, 0.2) is 0 Å². The standard InChI is InChI=1S/C32H17N8.ClH.Ga.H/c1-2-10-18-17(9-1)25-33-26(18)38-28-21-13-5-6-14-22(21)30(35-28)40-32-24-16-8-7-15-23(24)31(36-32)39-29-20-12-4-3-11-19(20)27(34-29)37-25;;;/h1-15H,(H2,33,34,35,36,37,38,39,40);1H;;/q;;+1;/p-1. The van der Waals surface area contributed by atoms with Gasteiger partial charge in [-0.15, -0.1) is 0 Å². The van der Waals surface area contributed by atoms with Gasteiger partial charge in [-0.25, -0.2) is 0 Å². The minimum absolute atomic E-state index is 0.586. The van der Waals surface area contributed by atoms with Crippen LogP contribution in [0.25, 0.3) is 89.7 Å². The Kier molecular flexibility index (Phi) is 5.15. The van der Waals surface area contributed by atoms with Gasteiger partial charge in [0.05, 0.1) is 0 Å². The van der Waals surface area contributed by atoms with Crippen LogP contribution in [0.2, 0.25) is 0 Å². The van der Waals surface area contributed by atoms with E-state index in [0.29, 0.717) is 45.9 Å². The summed E-state index contributed by atoms with van der Waals surface area (Å²) in [5.41, 5.74) is 6.39. The Balaban J connectivity index is 1.52. The molecule has 7 aromatic rings. The van der Waals surface area contributed by atoms with Gasteiger partial charge in [0.1, 0.15) is 0 Å². The first-order chi connectivity index (χ1) is 20.7. The first-order valence-electron chi connectivity index (χ1n) is 13.5. The number of aromatic amines is 2. The van der Waals surface area contributed by atoms with Crippen molar-refractivity contribution in [1.29, 1.82) is 0 Å². The number of hydrogen-bond acceptors (Lipinski definition) is 6. The van der Waals surface area contributed by atoms with E-state index < -0.39 is 16.4 Å². The molecule has 0 saturated heterocycles. The molecule has 2 N–H and O–H groups in total. The van der Waals surface area contributed by atoms with E-state index in [4.69, 9.17) is 39.5 Å². The summed E-state index contributed by atoms with van der Waals surface area (Å²) in [6, 6.07) is 30.3. The van der Waals surface area contributed by atoms with E-state index in [1.54, 1.807) is 0 Å². The maximum atomic E-state index is 6.61. The first kappa shape index (κ1) is 23.8. The molecule has 0 fully saturated rings. The van der Waals surface area contributed by atoms with Crippen molar-refractivity contribution >= 4 is 74.3 Å². The average Bonchev–Trinajstić information content (AvgIpc) is 3.76. The zero-order valence-electron chi connectivity index (χ0n) is 21.9. The van der Waals surface area contributed by atoms with Crippen molar-refractivity contribution in [3.05, 3.63) is 91.0 Å². The van der Waals surface area contributed by atoms with Gasteiger partial charge in [-0.05, 0) is 0 Å². The van der Waals surface area contributed by atoms with E-state index in [1.807, 2.05) is 78.9 Å². The molecule has 9 rings (SSSR count). The van der Waals surface area contributed by atoms with Crippen LogP contribution in [0.5, 0.6) is 0 Å². The number of nitrogens with zero attached hydrogens (tertiary/aromatic N) is 6. The molecule has 4 aromatic carbocycles. The van der Waals surface area contributed by atoms with Crippen molar-refractivity contribution in [2.75, 3.05) is 0 Å². The molecule has 8 bridgehead atoms. The third kappa shape index (κ3) is 3.51. The molecule has 3 aromatic heterocycles. The van der Waals surface area contributed by atoms with Gasteiger partial charge in [-0.3, -0.25) is 0 Å². The molecule has 0 unspecified atom stereocenters. The molecule has 2 aliphatic rings. The molecule has 0 radical (unpaired) electrons. The zero-order chi connectivity index (χ0) is 27.8. The molecule has 0 amide bonds. The monoisotopic (exact) mass is 618 g/mol. The number of rotatable bonds is 1. The number of aromatic nitrogens is 8. The summed E-state index contributed by atoms with van der Waals surface area (Å²) < 4.78 is 1.14. The topological polar surface area (TPSA) is 109 Å². The van der Waals surface area contributed by atoms with E-state index in [0.717, 1.165) is 47.9 Å². The third-order valence-corrected chi connectivity index (χ3v) is 11.1. The van der Waals surface area contributed by atoms with E-state index in [9.17, 15) is 0 Å². The molecular formula is C32H18ClGaN8. The van der Waals surface area contributed by atoms with Crippen LogP contribution in [0.15, 0.2) is 91.0 Å². The number of benzene rings is 4. The number of halogens is 1. The summed E-state index contributed by atoms with van der Waals surface area (Å²) in [7, 11) is 6.61. The Labute approximate surface area is 249 Å². The summed E-state index contributed by atoms with van der Waals surface area (Å²) in [4.78, 5) is 37.1. The molecule has 0 spiro atoms. The van der Waals surface area contributed by atoms with Crippen LogP contribution < -0.4 is 4.12 Å². The Morgan fingerprint density at radius 1 is 0.429 bits per heavy atom. The first-order valence-corrected chi connectivity index (χ1v) is 18.9. The van der Waals surface area contributed by atoms with Crippen LogP contribution >= 0.6 is 9.64 Å². The summed E-state index contributed by atoms with van der Waals surface area (Å²) in [6.07, 6.45) is 0. The minimum atomic E-state index is -1.51. The fourth-order valence-corrected chi connectivity index (χ4v) is 8.53. The van der Waals surface area contributed by atoms with Crippen LogP contribution in [-0.4, -0.2) is 56.3 Å².